The van der Waals surface area contributed by atoms with Gasteiger partial charge in [-0.2, -0.15) is 0 Å². The van der Waals surface area contributed by atoms with Crippen molar-refractivity contribution in [2.75, 3.05) is 0 Å². The molecular formula is C51H31N3O3. The van der Waals surface area contributed by atoms with E-state index in [1.807, 2.05) is 72.8 Å². The zero-order valence-corrected chi connectivity index (χ0v) is 30.4. The highest BCUT2D eigenvalue weighted by atomic mass is 16.3. The van der Waals surface area contributed by atoms with Crippen molar-refractivity contribution in [1.82, 2.24) is 5.32 Å². The Morgan fingerprint density at radius 1 is 0.386 bits per heavy atom. The maximum Gasteiger partial charge on any atom is 0.159 e. The smallest absolute Gasteiger partial charge is 0.159 e. The monoisotopic (exact) mass is 733 g/mol. The Kier molecular flexibility index (Phi) is 6.89. The third-order valence-corrected chi connectivity index (χ3v) is 11.2. The third-order valence-electron chi connectivity index (χ3n) is 11.2. The Morgan fingerprint density at radius 2 is 0.947 bits per heavy atom. The zero-order chi connectivity index (χ0) is 37.5. The summed E-state index contributed by atoms with van der Waals surface area (Å²) in [6, 6.07) is 60.4. The van der Waals surface area contributed by atoms with Gasteiger partial charge < -0.3 is 18.6 Å². The van der Waals surface area contributed by atoms with Crippen LogP contribution in [0.2, 0.25) is 0 Å². The topological polar surface area (TPSA) is 76.2 Å². The van der Waals surface area contributed by atoms with Gasteiger partial charge in [-0.15, -0.1) is 0 Å². The minimum absolute atomic E-state index is 0.310. The first-order valence-electron chi connectivity index (χ1n) is 19.1. The molecule has 0 amide bonds. The number of nitrogens with one attached hydrogen (secondary N) is 1. The fourth-order valence-electron chi connectivity index (χ4n) is 8.45. The molecule has 0 aliphatic carbocycles. The average molecular weight is 734 g/mol. The Balaban J connectivity index is 1.00. The summed E-state index contributed by atoms with van der Waals surface area (Å²) in [7, 11) is 0. The number of nitrogens with zero attached hydrogens (tertiary/aromatic N) is 2. The molecule has 8 aromatic carbocycles. The van der Waals surface area contributed by atoms with E-state index in [4.69, 9.17) is 23.2 Å². The van der Waals surface area contributed by atoms with Crippen LogP contribution in [0.1, 0.15) is 22.9 Å². The van der Waals surface area contributed by atoms with E-state index in [2.05, 4.69) is 108 Å². The molecule has 0 fully saturated rings. The Hall–Kier alpha value is -7.70. The van der Waals surface area contributed by atoms with E-state index in [1.165, 1.54) is 0 Å². The van der Waals surface area contributed by atoms with E-state index >= 15 is 0 Å². The predicted octanol–water partition coefficient (Wildman–Crippen LogP) is 13.2. The fourth-order valence-corrected chi connectivity index (χ4v) is 8.45. The highest BCUT2D eigenvalue weighted by Gasteiger charge is 2.24. The maximum atomic E-state index is 6.52. The summed E-state index contributed by atoms with van der Waals surface area (Å²) >= 11 is 0. The highest BCUT2D eigenvalue weighted by Crippen LogP contribution is 2.42. The lowest BCUT2D eigenvalue weighted by Gasteiger charge is -2.24. The number of amidine groups is 2. The van der Waals surface area contributed by atoms with Crippen LogP contribution in [0.15, 0.2) is 199 Å². The molecule has 0 radical (unpaired) electrons. The Morgan fingerprint density at radius 3 is 1.74 bits per heavy atom. The van der Waals surface area contributed by atoms with Crippen LogP contribution in [0.3, 0.4) is 0 Å². The van der Waals surface area contributed by atoms with Crippen molar-refractivity contribution in [3.63, 3.8) is 0 Å². The first kappa shape index (κ1) is 31.6. The van der Waals surface area contributed by atoms with E-state index in [1.54, 1.807) is 0 Å². The number of fused-ring (bicyclic) bond motifs is 9. The minimum atomic E-state index is -0.310. The van der Waals surface area contributed by atoms with Crippen molar-refractivity contribution in [2.45, 2.75) is 6.17 Å². The van der Waals surface area contributed by atoms with E-state index in [0.29, 0.717) is 5.84 Å². The molecule has 6 nitrogen and oxygen atoms in total. The first-order chi connectivity index (χ1) is 28.2. The Labute approximate surface area is 326 Å². The molecule has 1 atom stereocenters. The summed E-state index contributed by atoms with van der Waals surface area (Å²) in [6.07, 6.45) is -0.310. The molecule has 1 aliphatic rings. The van der Waals surface area contributed by atoms with E-state index in [0.717, 1.165) is 111 Å². The average Bonchev–Trinajstić information content (AvgIpc) is 3.97. The molecule has 1 aliphatic heterocycles. The van der Waals surface area contributed by atoms with E-state index in [9.17, 15) is 0 Å². The van der Waals surface area contributed by atoms with Crippen LogP contribution in [0, 0.1) is 0 Å². The van der Waals surface area contributed by atoms with Crippen LogP contribution in [-0.4, -0.2) is 11.7 Å². The molecule has 1 N–H and O–H groups in total. The number of para-hydroxylation sites is 1. The van der Waals surface area contributed by atoms with Gasteiger partial charge in [-0.3, -0.25) is 0 Å². The second-order valence-electron chi connectivity index (χ2n) is 14.5. The Bertz CT molecular complexity index is 3440. The molecule has 1 unspecified atom stereocenters. The number of aliphatic imine (C=N–C) groups is 2. The van der Waals surface area contributed by atoms with Crippen LogP contribution < -0.4 is 5.32 Å². The largest absolute Gasteiger partial charge is 0.456 e. The fraction of sp³-hybridized carbons (Fsp3) is 0.0196. The molecule has 57 heavy (non-hydrogen) atoms. The van der Waals surface area contributed by atoms with E-state index in [-0.39, 0.29) is 6.17 Å². The van der Waals surface area contributed by atoms with Crippen LogP contribution >= 0.6 is 0 Å². The lowest BCUT2D eigenvalue weighted by molar-refractivity contribution is 0.667. The lowest BCUT2D eigenvalue weighted by Crippen LogP contribution is -2.33. The van der Waals surface area contributed by atoms with Gasteiger partial charge in [-0.25, -0.2) is 9.98 Å². The standard InChI is InChI=1S/C51H31N3O3/c1-3-11-30(12-4-1)49-52-50(31-13-5-2-6-14-31)54-51(53-49)38-17-10-20-45-48(38)40-28-34(23-26-43(40)56-45)35-16-9-19-44-47(35)39-27-32(22-25-42(39)55-44)33-21-24-37-36-15-7-8-18-41(36)57-46(37)29-33/h1-29,49H,(H,52,53,54). The summed E-state index contributed by atoms with van der Waals surface area (Å²) in [5.74, 6) is 1.42. The molecule has 11 aromatic rings. The van der Waals surface area contributed by atoms with Crippen LogP contribution in [0.4, 0.5) is 0 Å². The number of benzene rings is 8. The normalized spacial score (nSPS) is 14.5. The molecule has 0 saturated carbocycles. The number of rotatable bonds is 5. The van der Waals surface area contributed by atoms with Gasteiger partial charge in [0.15, 0.2) is 5.84 Å². The summed E-state index contributed by atoms with van der Waals surface area (Å²) in [5, 5.41) is 10.0. The van der Waals surface area contributed by atoms with Gasteiger partial charge in [0.25, 0.3) is 0 Å². The van der Waals surface area contributed by atoms with Crippen molar-refractivity contribution in [3.05, 3.63) is 193 Å². The zero-order valence-electron chi connectivity index (χ0n) is 30.4. The van der Waals surface area contributed by atoms with Crippen molar-refractivity contribution < 1.29 is 13.3 Å². The molecule has 4 heterocycles. The van der Waals surface area contributed by atoms with Gasteiger partial charge in [-0.1, -0.05) is 121 Å². The molecule has 0 spiro atoms. The van der Waals surface area contributed by atoms with Gasteiger partial charge in [0.05, 0.1) is 0 Å². The third kappa shape index (κ3) is 5.11. The number of hydrogen-bond acceptors (Lipinski definition) is 6. The van der Waals surface area contributed by atoms with Gasteiger partial charge >= 0.3 is 0 Å². The summed E-state index contributed by atoms with van der Waals surface area (Å²) in [5.41, 5.74) is 12.3. The first-order valence-corrected chi connectivity index (χ1v) is 19.1. The molecule has 0 saturated heterocycles. The van der Waals surface area contributed by atoms with Gasteiger partial charge in [-0.05, 0) is 82.4 Å². The van der Waals surface area contributed by atoms with Crippen molar-refractivity contribution in [2.24, 2.45) is 9.98 Å². The van der Waals surface area contributed by atoms with Crippen molar-refractivity contribution in [3.8, 4) is 22.3 Å². The van der Waals surface area contributed by atoms with Crippen molar-refractivity contribution >= 4 is 77.5 Å². The lowest BCUT2D eigenvalue weighted by atomic mass is 9.95. The number of hydrogen-bond donors (Lipinski definition) is 1. The molecular weight excluding hydrogens is 703 g/mol. The quantitative estimate of drug-likeness (QED) is 0.191. The molecule has 3 aromatic heterocycles. The van der Waals surface area contributed by atoms with E-state index < -0.39 is 0 Å². The van der Waals surface area contributed by atoms with Gasteiger partial charge in [0.2, 0.25) is 0 Å². The van der Waals surface area contributed by atoms with Crippen LogP contribution in [-0.2, 0) is 0 Å². The van der Waals surface area contributed by atoms with Crippen LogP contribution in [0.25, 0.3) is 88.1 Å². The van der Waals surface area contributed by atoms with Crippen molar-refractivity contribution in [1.29, 1.82) is 0 Å². The summed E-state index contributed by atoms with van der Waals surface area (Å²) < 4.78 is 19.2. The molecule has 12 rings (SSSR count). The molecule has 0 bridgehead atoms. The molecule has 6 heteroatoms. The van der Waals surface area contributed by atoms with Crippen LogP contribution in [0.5, 0.6) is 0 Å². The van der Waals surface area contributed by atoms with Gasteiger partial charge in [0.1, 0.15) is 45.5 Å². The predicted molar refractivity (Wildman–Crippen MR) is 231 cm³/mol. The number of furan rings is 3. The molecule has 268 valence electrons. The SMILES string of the molecule is c1ccc(C2=NC(c3ccccc3)NC(c3cccc4oc5ccc(-c6cccc7oc8ccc(-c9ccc%10c(c9)oc9ccccc9%10)cc8c67)cc5c34)=N2)cc1. The van der Waals surface area contributed by atoms with Gasteiger partial charge in [0, 0.05) is 43.4 Å². The summed E-state index contributed by atoms with van der Waals surface area (Å²) in [6.45, 7) is 0. The summed E-state index contributed by atoms with van der Waals surface area (Å²) in [4.78, 5) is 10.2. The minimum Gasteiger partial charge on any atom is -0.456 e. The second kappa shape index (κ2) is 12.4. The second-order valence-corrected chi connectivity index (χ2v) is 14.5. The highest BCUT2D eigenvalue weighted by molar-refractivity contribution is 6.22. The maximum absolute atomic E-state index is 6.52.